The van der Waals surface area contributed by atoms with Crippen LogP contribution in [0.15, 0.2) is 23.1 Å². The average Bonchev–Trinajstić information content (AvgIpc) is 3.52. The highest BCUT2D eigenvalue weighted by Gasteiger charge is 2.28. The Balaban J connectivity index is 1.70. The number of aromatic carboxylic acids is 1. The van der Waals surface area contributed by atoms with Crippen LogP contribution >= 0.6 is 0 Å². The zero-order chi connectivity index (χ0) is 19.8. The molecule has 2 aromatic rings. The van der Waals surface area contributed by atoms with Crippen LogP contribution < -0.4 is 10.3 Å². The zero-order valence-corrected chi connectivity index (χ0v) is 15.5. The minimum Gasteiger partial charge on any atom is -0.477 e. The Labute approximate surface area is 161 Å². The molecule has 1 saturated carbocycles. The Morgan fingerprint density at radius 3 is 2.50 bits per heavy atom. The SMILES string of the molecule is O=C(O)c1cn(C2CC2)c2cc(N3CCN(CCCF)CC3)c(F)cc2c1=O. The summed E-state index contributed by atoms with van der Waals surface area (Å²) in [5, 5.41) is 9.43. The third kappa shape index (κ3) is 3.48. The molecule has 0 amide bonds. The molecule has 6 nitrogen and oxygen atoms in total. The third-order valence-electron chi connectivity index (χ3n) is 5.59. The number of pyridine rings is 1. The summed E-state index contributed by atoms with van der Waals surface area (Å²) in [5.74, 6) is -1.82. The number of nitrogens with zero attached hydrogens (tertiary/aromatic N) is 3. The van der Waals surface area contributed by atoms with Gasteiger partial charge in [-0.2, -0.15) is 0 Å². The maximum Gasteiger partial charge on any atom is 0.341 e. The minimum absolute atomic E-state index is 0.106. The van der Waals surface area contributed by atoms with Crippen molar-refractivity contribution >= 4 is 22.6 Å². The monoisotopic (exact) mass is 391 g/mol. The van der Waals surface area contributed by atoms with Crippen LogP contribution in [0.4, 0.5) is 14.5 Å². The summed E-state index contributed by atoms with van der Waals surface area (Å²) in [5.41, 5.74) is 0.0252. The van der Waals surface area contributed by atoms with E-state index in [9.17, 15) is 23.5 Å². The van der Waals surface area contributed by atoms with Gasteiger partial charge >= 0.3 is 5.97 Å². The van der Waals surface area contributed by atoms with Gasteiger partial charge in [0.25, 0.3) is 0 Å². The van der Waals surface area contributed by atoms with Gasteiger partial charge in [-0.25, -0.2) is 9.18 Å². The van der Waals surface area contributed by atoms with Gasteiger partial charge in [0.05, 0.1) is 17.9 Å². The molecule has 1 aromatic heterocycles. The van der Waals surface area contributed by atoms with Crippen molar-refractivity contribution in [3.8, 4) is 0 Å². The molecule has 1 aliphatic carbocycles. The van der Waals surface area contributed by atoms with Crippen molar-refractivity contribution in [1.82, 2.24) is 9.47 Å². The molecule has 0 bridgehead atoms. The van der Waals surface area contributed by atoms with E-state index < -0.39 is 17.2 Å². The fourth-order valence-corrected chi connectivity index (χ4v) is 3.90. The second-order valence-corrected chi connectivity index (χ2v) is 7.51. The molecule has 0 unspecified atom stereocenters. The maximum absolute atomic E-state index is 14.9. The van der Waals surface area contributed by atoms with E-state index >= 15 is 0 Å². The highest BCUT2D eigenvalue weighted by molar-refractivity contribution is 5.93. The number of carbonyl (C=O) groups is 1. The number of carboxylic acids is 1. The van der Waals surface area contributed by atoms with E-state index in [0.29, 0.717) is 37.3 Å². The fourth-order valence-electron chi connectivity index (χ4n) is 3.90. The van der Waals surface area contributed by atoms with Crippen LogP contribution in [0.1, 0.15) is 35.7 Å². The number of benzene rings is 1. The molecule has 1 saturated heterocycles. The number of halogens is 2. The van der Waals surface area contributed by atoms with Gasteiger partial charge in [0, 0.05) is 50.3 Å². The van der Waals surface area contributed by atoms with Crippen molar-refractivity contribution < 1.29 is 18.7 Å². The van der Waals surface area contributed by atoms with Crippen molar-refractivity contribution in [2.24, 2.45) is 0 Å². The first kappa shape index (κ1) is 18.9. The number of aromatic nitrogens is 1. The highest BCUT2D eigenvalue weighted by Crippen LogP contribution is 2.38. The van der Waals surface area contributed by atoms with Crippen molar-refractivity contribution in [2.45, 2.75) is 25.3 Å². The Kier molecular flexibility index (Phi) is 5.05. The summed E-state index contributed by atoms with van der Waals surface area (Å²) in [6.45, 7) is 3.06. The molecule has 0 atom stereocenters. The lowest BCUT2D eigenvalue weighted by molar-refractivity contribution is 0.0695. The average molecular weight is 391 g/mol. The lowest BCUT2D eigenvalue weighted by Crippen LogP contribution is -2.47. The fraction of sp³-hybridized carbons (Fsp3) is 0.500. The van der Waals surface area contributed by atoms with E-state index in [-0.39, 0.29) is 23.7 Å². The Morgan fingerprint density at radius 2 is 1.89 bits per heavy atom. The van der Waals surface area contributed by atoms with E-state index in [2.05, 4.69) is 4.90 Å². The van der Waals surface area contributed by atoms with E-state index in [4.69, 9.17) is 0 Å². The molecule has 8 heteroatoms. The van der Waals surface area contributed by atoms with Gasteiger partial charge in [-0.05, 0) is 31.4 Å². The third-order valence-corrected chi connectivity index (χ3v) is 5.59. The standard InChI is InChI=1S/C20H23F2N3O3/c21-4-1-5-23-6-8-24(9-7-23)18-11-17-14(10-16(18)22)19(26)15(20(27)28)12-25(17)13-2-3-13/h10-13H,1-9H2,(H,27,28). The first-order chi connectivity index (χ1) is 13.5. The molecule has 150 valence electrons. The van der Waals surface area contributed by atoms with Gasteiger partial charge in [0.1, 0.15) is 11.4 Å². The van der Waals surface area contributed by atoms with Crippen LogP contribution in [0.2, 0.25) is 0 Å². The largest absolute Gasteiger partial charge is 0.477 e. The molecule has 1 aromatic carbocycles. The summed E-state index contributed by atoms with van der Waals surface area (Å²) in [6.07, 6.45) is 3.72. The number of rotatable bonds is 6. The summed E-state index contributed by atoms with van der Waals surface area (Å²) in [7, 11) is 0. The quantitative estimate of drug-likeness (QED) is 0.820. The number of hydrogen-bond acceptors (Lipinski definition) is 4. The Hall–Kier alpha value is -2.48. The van der Waals surface area contributed by atoms with Crippen molar-refractivity contribution in [3.63, 3.8) is 0 Å². The molecule has 2 fully saturated rings. The summed E-state index contributed by atoms with van der Waals surface area (Å²) < 4.78 is 29.0. The molecular formula is C20H23F2N3O3. The summed E-state index contributed by atoms with van der Waals surface area (Å²) in [4.78, 5) is 28.1. The van der Waals surface area contributed by atoms with Gasteiger partial charge < -0.3 is 14.6 Å². The van der Waals surface area contributed by atoms with Crippen molar-refractivity contribution in [2.75, 3.05) is 44.3 Å². The van der Waals surface area contributed by atoms with Crippen LogP contribution in [0.25, 0.3) is 10.9 Å². The maximum atomic E-state index is 14.9. The molecule has 2 heterocycles. The molecular weight excluding hydrogens is 368 g/mol. The smallest absolute Gasteiger partial charge is 0.341 e. The molecule has 1 aliphatic heterocycles. The first-order valence-electron chi connectivity index (χ1n) is 9.64. The number of piperazine rings is 1. The summed E-state index contributed by atoms with van der Waals surface area (Å²) >= 11 is 0. The number of carboxylic acid groups (broad SMARTS) is 1. The number of fused-ring (bicyclic) bond motifs is 1. The van der Waals surface area contributed by atoms with Crippen LogP contribution in [-0.4, -0.2) is 59.9 Å². The normalized spacial score (nSPS) is 18.0. The molecule has 4 rings (SSSR count). The van der Waals surface area contributed by atoms with E-state index in [1.165, 1.54) is 12.3 Å². The molecule has 1 N–H and O–H groups in total. The number of hydrogen-bond donors (Lipinski definition) is 1. The van der Waals surface area contributed by atoms with Crippen LogP contribution in [0.5, 0.6) is 0 Å². The van der Waals surface area contributed by atoms with Gasteiger partial charge in [-0.15, -0.1) is 0 Å². The van der Waals surface area contributed by atoms with Crippen LogP contribution in [0, 0.1) is 5.82 Å². The first-order valence-corrected chi connectivity index (χ1v) is 9.64. The van der Waals surface area contributed by atoms with Crippen molar-refractivity contribution in [3.05, 3.63) is 39.9 Å². The van der Waals surface area contributed by atoms with Gasteiger partial charge in [-0.3, -0.25) is 14.1 Å². The molecule has 2 aliphatic rings. The lowest BCUT2D eigenvalue weighted by atomic mass is 10.1. The second kappa shape index (κ2) is 7.50. The Bertz CT molecular complexity index is 963. The lowest BCUT2D eigenvalue weighted by Gasteiger charge is -2.36. The number of anilines is 1. The molecule has 0 radical (unpaired) electrons. The molecule has 0 spiro atoms. The topological polar surface area (TPSA) is 65.8 Å². The van der Waals surface area contributed by atoms with Crippen molar-refractivity contribution in [1.29, 1.82) is 0 Å². The van der Waals surface area contributed by atoms with E-state index in [1.807, 2.05) is 4.90 Å². The van der Waals surface area contributed by atoms with Gasteiger partial charge in [-0.1, -0.05) is 0 Å². The zero-order valence-electron chi connectivity index (χ0n) is 15.5. The van der Waals surface area contributed by atoms with Crippen LogP contribution in [-0.2, 0) is 0 Å². The minimum atomic E-state index is -1.30. The predicted molar refractivity (Wildman–Crippen MR) is 103 cm³/mol. The van der Waals surface area contributed by atoms with Gasteiger partial charge in [0.2, 0.25) is 5.43 Å². The Morgan fingerprint density at radius 1 is 1.18 bits per heavy atom. The number of alkyl halides is 1. The predicted octanol–water partition coefficient (Wildman–Crippen LogP) is 2.66. The highest BCUT2D eigenvalue weighted by atomic mass is 19.1. The van der Waals surface area contributed by atoms with E-state index in [1.54, 1.807) is 10.6 Å². The van der Waals surface area contributed by atoms with Gasteiger partial charge in [0.15, 0.2) is 0 Å². The van der Waals surface area contributed by atoms with E-state index in [0.717, 1.165) is 25.9 Å². The summed E-state index contributed by atoms with van der Waals surface area (Å²) in [6, 6.07) is 3.00. The van der Waals surface area contributed by atoms with Crippen LogP contribution in [0.3, 0.4) is 0 Å². The molecule has 28 heavy (non-hydrogen) atoms. The second-order valence-electron chi connectivity index (χ2n) is 7.51.